The number of hydrogen-bond acceptors (Lipinski definition) is 6. The lowest BCUT2D eigenvalue weighted by Gasteiger charge is -2.38. The Morgan fingerprint density at radius 1 is 1.10 bits per heavy atom. The van der Waals surface area contributed by atoms with E-state index in [0.29, 0.717) is 29.2 Å². The van der Waals surface area contributed by atoms with Crippen LogP contribution in [0.3, 0.4) is 0 Å². The molecule has 3 aromatic carbocycles. The first-order valence-electron chi connectivity index (χ1n) is 12.5. The van der Waals surface area contributed by atoms with Crippen LogP contribution < -0.4 is 10.2 Å². The van der Waals surface area contributed by atoms with Crippen molar-refractivity contribution in [3.63, 3.8) is 0 Å². The summed E-state index contributed by atoms with van der Waals surface area (Å²) in [6, 6.07) is 23.3. The van der Waals surface area contributed by atoms with E-state index in [2.05, 4.69) is 20.5 Å². The first kappa shape index (κ1) is 26.4. The Balaban J connectivity index is 1.60. The van der Waals surface area contributed by atoms with Gasteiger partial charge in [-0.2, -0.15) is 5.26 Å². The van der Waals surface area contributed by atoms with E-state index in [1.807, 2.05) is 69.7 Å². The van der Waals surface area contributed by atoms with Crippen molar-refractivity contribution in [2.75, 3.05) is 18.0 Å². The van der Waals surface area contributed by atoms with Gasteiger partial charge in [0.05, 0.1) is 17.1 Å². The summed E-state index contributed by atoms with van der Waals surface area (Å²) in [5, 5.41) is 16.2. The molecule has 0 N–H and O–H groups in total. The van der Waals surface area contributed by atoms with E-state index in [0.717, 1.165) is 43.5 Å². The van der Waals surface area contributed by atoms with Crippen LogP contribution in [0.4, 0.5) is 10.1 Å². The highest BCUT2D eigenvalue weighted by atomic mass is 32.2. The molecule has 0 radical (unpaired) electrons. The van der Waals surface area contributed by atoms with Gasteiger partial charge < -0.3 is 4.90 Å². The van der Waals surface area contributed by atoms with Crippen molar-refractivity contribution >= 4 is 60.3 Å². The second kappa shape index (κ2) is 10.6. The van der Waals surface area contributed by atoms with Gasteiger partial charge in [-0.3, -0.25) is 8.77 Å². The standard InChI is InChI=1S/C30H22FN4O2PS2/c1-17-2-6-21(7-3-17)40-35-26-9-5-20(38)13-24(26)28(22-10-11-39-27(22)14-32)29(35)23-12-19(4-8-25(23)31)34-15-18(16-34)30(36)33-37/h2-13,18H,15-16,38H2,1H3. The van der Waals surface area contributed by atoms with Crippen LogP contribution in [0, 0.1) is 34.9 Å². The Labute approximate surface area is 240 Å². The molecule has 1 atom stereocenters. The van der Waals surface area contributed by atoms with Crippen molar-refractivity contribution in [2.45, 2.75) is 11.8 Å². The highest BCUT2D eigenvalue weighted by molar-refractivity contribution is 7.98. The molecular formula is C30H22FN4O2PS2. The van der Waals surface area contributed by atoms with Crippen LogP contribution in [0.25, 0.3) is 33.3 Å². The van der Waals surface area contributed by atoms with Crippen LogP contribution in [-0.2, 0) is 4.79 Å². The average molecular weight is 585 g/mol. The summed E-state index contributed by atoms with van der Waals surface area (Å²) < 4.78 is 17.9. The number of nitrogens with zero attached hydrogens (tertiary/aromatic N) is 4. The molecule has 2 aromatic heterocycles. The molecule has 0 bridgehead atoms. The van der Waals surface area contributed by atoms with Gasteiger partial charge in [0.25, 0.3) is 5.91 Å². The van der Waals surface area contributed by atoms with E-state index in [-0.39, 0.29) is 0 Å². The third kappa shape index (κ3) is 4.62. The van der Waals surface area contributed by atoms with E-state index in [4.69, 9.17) is 0 Å². The molecule has 10 heteroatoms. The molecule has 1 saturated heterocycles. The lowest BCUT2D eigenvalue weighted by Crippen LogP contribution is -2.50. The summed E-state index contributed by atoms with van der Waals surface area (Å²) in [6.07, 6.45) is 0. The van der Waals surface area contributed by atoms with Crippen LogP contribution in [0.15, 0.2) is 82.2 Å². The molecule has 1 fully saturated rings. The van der Waals surface area contributed by atoms with Gasteiger partial charge in [-0.05, 0) is 78.1 Å². The number of nitroso groups, excluding NO2 is 1. The number of halogens is 1. The summed E-state index contributed by atoms with van der Waals surface area (Å²) in [5.74, 6) is -1.51. The number of nitriles is 1. The summed E-state index contributed by atoms with van der Waals surface area (Å²) in [4.78, 5) is 25.9. The fourth-order valence-electron chi connectivity index (χ4n) is 5.00. The minimum absolute atomic E-state index is 0.350. The average Bonchev–Trinajstić information content (AvgIpc) is 3.51. The highest BCUT2D eigenvalue weighted by Gasteiger charge is 2.34. The molecule has 1 unspecified atom stereocenters. The number of anilines is 1. The Bertz CT molecular complexity index is 1840. The molecule has 0 aliphatic carbocycles. The van der Waals surface area contributed by atoms with Crippen molar-refractivity contribution in [2.24, 2.45) is 11.1 Å². The summed E-state index contributed by atoms with van der Waals surface area (Å²) in [6.45, 7) is 2.73. The first-order valence-corrected chi connectivity index (χ1v) is 14.7. The molecule has 3 heterocycles. The molecule has 198 valence electrons. The molecule has 1 aliphatic heterocycles. The normalized spacial score (nSPS) is 13.3. The van der Waals surface area contributed by atoms with Crippen LogP contribution >= 0.6 is 32.5 Å². The van der Waals surface area contributed by atoms with E-state index >= 15 is 4.39 Å². The topological polar surface area (TPSA) is 78.5 Å². The minimum atomic E-state index is -0.662. The van der Waals surface area contributed by atoms with Crippen LogP contribution in [-0.4, -0.2) is 23.0 Å². The van der Waals surface area contributed by atoms with Gasteiger partial charge in [0.15, 0.2) is 0 Å². The zero-order valence-electron chi connectivity index (χ0n) is 21.3. The Hall–Kier alpha value is -3.83. The van der Waals surface area contributed by atoms with Crippen LogP contribution in [0.1, 0.15) is 10.4 Å². The van der Waals surface area contributed by atoms with Crippen molar-refractivity contribution in [1.29, 1.82) is 5.26 Å². The minimum Gasteiger partial charge on any atom is -0.370 e. The second-order valence-corrected chi connectivity index (χ2v) is 12.3. The molecule has 0 spiro atoms. The maximum absolute atomic E-state index is 15.9. The Morgan fingerprint density at radius 3 is 2.60 bits per heavy atom. The molecule has 40 heavy (non-hydrogen) atoms. The predicted molar refractivity (Wildman–Crippen MR) is 164 cm³/mol. The number of fused-ring (bicyclic) bond motifs is 1. The Morgan fingerprint density at radius 2 is 1.88 bits per heavy atom. The number of rotatable bonds is 6. The monoisotopic (exact) mass is 584 g/mol. The molecule has 1 aliphatic rings. The quantitative estimate of drug-likeness (QED) is 0.157. The number of hydrogen-bond donors (Lipinski definition) is 0. The zero-order chi connectivity index (χ0) is 28.0. The van der Waals surface area contributed by atoms with Crippen molar-refractivity contribution < 1.29 is 9.18 Å². The van der Waals surface area contributed by atoms with Gasteiger partial charge >= 0.3 is 0 Å². The van der Waals surface area contributed by atoms with Gasteiger partial charge in [0, 0.05) is 50.9 Å². The number of aromatic nitrogens is 1. The molecule has 6 nitrogen and oxygen atoms in total. The summed E-state index contributed by atoms with van der Waals surface area (Å²) >= 11 is 2.85. The highest BCUT2D eigenvalue weighted by Crippen LogP contribution is 2.47. The second-order valence-electron chi connectivity index (χ2n) is 9.67. The van der Waals surface area contributed by atoms with Crippen LogP contribution in [0.2, 0.25) is 0 Å². The largest absolute Gasteiger partial charge is 0.370 e. The lowest BCUT2D eigenvalue weighted by atomic mass is 9.96. The third-order valence-electron chi connectivity index (χ3n) is 7.09. The Kier molecular flexibility index (Phi) is 7.01. The number of aryl methyl sites for hydroxylation is 1. The van der Waals surface area contributed by atoms with Crippen molar-refractivity contribution in [3.8, 4) is 28.5 Å². The maximum atomic E-state index is 15.9. The number of amides is 1. The van der Waals surface area contributed by atoms with E-state index in [1.54, 1.807) is 12.1 Å². The van der Waals surface area contributed by atoms with E-state index in [9.17, 15) is 15.0 Å². The number of benzene rings is 3. The number of thiophene rings is 1. The van der Waals surface area contributed by atoms with Gasteiger partial charge in [-0.15, -0.1) is 25.5 Å². The molecule has 6 rings (SSSR count). The van der Waals surface area contributed by atoms with Gasteiger partial charge in [-0.25, -0.2) is 4.39 Å². The summed E-state index contributed by atoms with van der Waals surface area (Å²) in [5.41, 5.74) is 5.35. The maximum Gasteiger partial charge on any atom is 0.292 e. The predicted octanol–water partition coefficient (Wildman–Crippen LogP) is 7.14. The van der Waals surface area contributed by atoms with Crippen molar-refractivity contribution in [3.05, 3.63) is 93.3 Å². The fourth-order valence-corrected chi connectivity index (χ4v) is 6.96. The molecule has 0 saturated carbocycles. The van der Waals surface area contributed by atoms with E-state index in [1.165, 1.54) is 29.4 Å². The van der Waals surface area contributed by atoms with E-state index < -0.39 is 17.6 Å². The smallest absolute Gasteiger partial charge is 0.292 e. The number of carbonyl (C=O) groups is 1. The lowest BCUT2D eigenvalue weighted by molar-refractivity contribution is -0.122. The van der Waals surface area contributed by atoms with Gasteiger partial charge in [-0.1, -0.05) is 23.8 Å². The van der Waals surface area contributed by atoms with Gasteiger partial charge in [0.2, 0.25) is 0 Å². The van der Waals surface area contributed by atoms with Gasteiger partial charge in [0.1, 0.15) is 16.8 Å². The number of carbonyl (C=O) groups excluding carboxylic acids is 1. The van der Waals surface area contributed by atoms with Crippen molar-refractivity contribution in [1.82, 2.24) is 3.97 Å². The molecule has 5 aromatic rings. The first-order chi connectivity index (χ1) is 19.4. The van der Waals surface area contributed by atoms with Crippen LogP contribution in [0.5, 0.6) is 0 Å². The molecular weight excluding hydrogens is 562 g/mol. The fraction of sp³-hybridized carbons (Fsp3) is 0.133. The third-order valence-corrected chi connectivity index (χ3v) is 9.32. The zero-order valence-corrected chi connectivity index (χ0v) is 24.1. The summed E-state index contributed by atoms with van der Waals surface area (Å²) in [7, 11) is 2.72. The SMILES string of the molecule is Cc1ccc(Sn2c(-c3cc(N4CC(C(=O)N=O)C4)ccc3F)c(-c3ccsc3C#N)c3cc(P)ccc32)cc1. The molecule has 1 amide bonds.